The van der Waals surface area contributed by atoms with Crippen LogP contribution < -0.4 is 0 Å². The number of hydrogen-bond donors (Lipinski definition) is 0. The van der Waals surface area contributed by atoms with Gasteiger partial charge >= 0.3 is 0 Å². The largest absolute Gasteiger partial charge is 0.501 e. The zero-order chi connectivity index (χ0) is 9.84. The van der Waals surface area contributed by atoms with Crippen LogP contribution in [0.5, 0.6) is 0 Å². The molecule has 1 fully saturated rings. The Morgan fingerprint density at radius 3 is 2.62 bits per heavy atom. The van der Waals surface area contributed by atoms with E-state index in [4.69, 9.17) is 4.74 Å². The summed E-state index contributed by atoms with van der Waals surface area (Å²) in [6.07, 6.45) is -1.84. The molecule has 0 aromatic carbocycles. The van der Waals surface area contributed by atoms with Crippen molar-refractivity contribution >= 4 is 0 Å². The molecule has 0 amide bonds. The Balaban J connectivity index is 2.05. The van der Waals surface area contributed by atoms with Gasteiger partial charge in [-0.2, -0.15) is 0 Å². The van der Waals surface area contributed by atoms with Gasteiger partial charge in [-0.25, -0.2) is 8.78 Å². The van der Waals surface area contributed by atoms with E-state index in [1.807, 2.05) is 13.8 Å². The second-order valence-electron chi connectivity index (χ2n) is 3.32. The van der Waals surface area contributed by atoms with Gasteiger partial charge in [-0.05, 0) is 19.4 Å². The molecule has 1 saturated heterocycles. The predicted molar refractivity (Wildman–Crippen MR) is 44.7 cm³/mol. The minimum Gasteiger partial charge on any atom is -0.501 e. The van der Waals surface area contributed by atoms with Gasteiger partial charge in [0.15, 0.2) is 6.17 Å². The molecule has 13 heavy (non-hydrogen) atoms. The lowest BCUT2D eigenvalue weighted by atomic mass is 10.1. The van der Waals surface area contributed by atoms with Crippen LogP contribution in [0, 0.1) is 0 Å². The zero-order valence-electron chi connectivity index (χ0n) is 7.80. The highest BCUT2D eigenvalue weighted by atomic mass is 19.2. The summed E-state index contributed by atoms with van der Waals surface area (Å²) in [5.41, 5.74) is 1.04. The number of hydrogen-bond acceptors (Lipinski definition) is 2. The molecule has 76 valence electrons. The molecule has 0 aromatic rings. The van der Waals surface area contributed by atoms with Crippen molar-refractivity contribution in [3.63, 3.8) is 0 Å². The fourth-order valence-electron chi connectivity index (χ4n) is 1.03. The van der Waals surface area contributed by atoms with Gasteiger partial charge in [0.25, 0.3) is 0 Å². The van der Waals surface area contributed by atoms with Crippen LogP contribution in [0.4, 0.5) is 8.78 Å². The average Bonchev–Trinajstić information content (AvgIpc) is 2.09. The molecule has 1 aliphatic heterocycles. The number of ether oxygens (including phenoxy) is 2. The van der Waals surface area contributed by atoms with Crippen LogP contribution in [-0.2, 0) is 9.47 Å². The molecule has 2 nitrogen and oxygen atoms in total. The molecule has 0 N–H and O–H groups in total. The normalized spacial score (nSPS) is 32.2. The van der Waals surface area contributed by atoms with Crippen molar-refractivity contribution in [1.29, 1.82) is 0 Å². The number of halogens is 2. The van der Waals surface area contributed by atoms with Crippen LogP contribution in [-0.4, -0.2) is 25.2 Å². The third kappa shape index (κ3) is 2.95. The molecule has 0 saturated carbocycles. The van der Waals surface area contributed by atoms with Crippen molar-refractivity contribution in [2.24, 2.45) is 0 Å². The van der Waals surface area contributed by atoms with E-state index in [9.17, 15) is 8.78 Å². The molecule has 3 unspecified atom stereocenters. The van der Waals surface area contributed by atoms with Crippen molar-refractivity contribution in [1.82, 2.24) is 0 Å². The van der Waals surface area contributed by atoms with Gasteiger partial charge < -0.3 is 9.47 Å². The topological polar surface area (TPSA) is 18.5 Å². The monoisotopic (exact) mass is 192 g/mol. The molecule has 0 spiro atoms. The van der Waals surface area contributed by atoms with Crippen LogP contribution in [0.1, 0.15) is 20.3 Å². The summed E-state index contributed by atoms with van der Waals surface area (Å²) in [5.74, 6) is 0. The van der Waals surface area contributed by atoms with Gasteiger partial charge in [0.1, 0.15) is 6.10 Å². The molecule has 4 heteroatoms. The maximum absolute atomic E-state index is 12.6. The molecule has 1 aliphatic rings. The van der Waals surface area contributed by atoms with Crippen LogP contribution in [0.25, 0.3) is 0 Å². The lowest BCUT2D eigenvalue weighted by Gasteiger charge is -2.34. The van der Waals surface area contributed by atoms with Gasteiger partial charge in [-0.3, -0.25) is 0 Å². The Kier molecular flexibility index (Phi) is 3.66. The Morgan fingerprint density at radius 1 is 1.46 bits per heavy atom. The third-order valence-electron chi connectivity index (χ3n) is 1.75. The van der Waals surface area contributed by atoms with E-state index < -0.39 is 18.6 Å². The van der Waals surface area contributed by atoms with Crippen LogP contribution in [0.15, 0.2) is 11.8 Å². The molecule has 0 radical (unpaired) electrons. The molecule has 0 bridgehead atoms. The summed E-state index contributed by atoms with van der Waals surface area (Å²) < 4.78 is 34.3. The molecule has 1 rings (SSSR count). The first-order valence-electron chi connectivity index (χ1n) is 4.30. The molecule has 0 aromatic heterocycles. The molecular weight excluding hydrogens is 178 g/mol. The van der Waals surface area contributed by atoms with E-state index in [1.165, 1.54) is 0 Å². The van der Waals surface area contributed by atoms with Gasteiger partial charge in [-0.1, -0.05) is 0 Å². The number of alkyl halides is 2. The first-order valence-corrected chi connectivity index (χ1v) is 4.30. The predicted octanol–water partition coefficient (Wildman–Crippen LogP) is 2.35. The summed E-state index contributed by atoms with van der Waals surface area (Å²) in [5, 5.41) is 0. The molecule has 3 atom stereocenters. The minimum atomic E-state index is -1.73. The lowest BCUT2D eigenvalue weighted by molar-refractivity contribution is -0.251. The highest BCUT2D eigenvalue weighted by Gasteiger charge is 2.42. The van der Waals surface area contributed by atoms with Crippen molar-refractivity contribution in [2.75, 3.05) is 6.61 Å². The van der Waals surface area contributed by atoms with Crippen molar-refractivity contribution < 1.29 is 18.3 Å². The first-order chi connectivity index (χ1) is 6.11. The second-order valence-corrected chi connectivity index (χ2v) is 3.32. The highest BCUT2D eigenvalue weighted by molar-refractivity contribution is 4.87. The fraction of sp³-hybridized carbons (Fsp3) is 0.778. The second kappa shape index (κ2) is 4.56. The Morgan fingerprint density at radius 2 is 2.15 bits per heavy atom. The van der Waals surface area contributed by atoms with Gasteiger partial charge in [0, 0.05) is 6.42 Å². The third-order valence-corrected chi connectivity index (χ3v) is 1.75. The molecule has 0 aliphatic carbocycles. The zero-order valence-corrected chi connectivity index (χ0v) is 7.80. The number of allylic oxidation sites excluding steroid dienone is 1. The molecular formula is C9H14F2O2. The van der Waals surface area contributed by atoms with E-state index in [1.54, 1.807) is 6.26 Å². The van der Waals surface area contributed by atoms with Gasteiger partial charge in [0.2, 0.25) is 6.36 Å². The Bertz CT molecular complexity index is 190. The fourth-order valence-corrected chi connectivity index (χ4v) is 1.03. The summed E-state index contributed by atoms with van der Waals surface area (Å²) >= 11 is 0. The average molecular weight is 192 g/mol. The van der Waals surface area contributed by atoms with E-state index in [-0.39, 0.29) is 0 Å². The minimum absolute atomic E-state index is 0.364. The highest BCUT2D eigenvalue weighted by Crippen LogP contribution is 2.27. The SMILES string of the molecule is CC(C)=COCCC1OC(F)C1F. The van der Waals surface area contributed by atoms with E-state index in [2.05, 4.69) is 4.74 Å². The van der Waals surface area contributed by atoms with Crippen LogP contribution in [0.2, 0.25) is 0 Å². The first kappa shape index (κ1) is 10.4. The standard InChI is InChI=1S/C9H14F2O2/c1-6(2)5-12-4-3-7-8(10)9(11)13-7/h5,7-9H,3-4H2,1-2H3. The van der Waals surface area contributed by atoms with E-state index >= 15 is 0 Å². The van der Waals surface area contributed by atoms with Gasteiger partial charge in [0.05, 0.1) is 12.9 Å². The summed E-state index contributed by atoms with van der Waals surface area (Å²) in [4.78, 5) is 0. The van der Waals surface area contributed by atoms with Crippen molar-refractivity contribution in [3.8, 4) is 0 Å². The van der Waals surface area contributed by atoms with Crippen LogP contribution >= 0.6 is 0 Å². The van der Waals surface area contributed by atoms with Crippen molar-refractivity contribution in [2.45, 2.75) is 38.9 Å². The maximum Gasteiger partial charge on any atom is 0.233 e. The molecule has 1 heterocycles. The summed E-state index contributed by atoms with van der Waals surface area (Å²) in [6.45, 7) is 4.16. The smallest absolute Gasteiger partial charge is 0.233 e. The maximum atomic E-state index is 12.6. The quantitative estimate of drug-likeness (QED) is 0.503. The Labute approximate surface area is 76.5 Å². The Hall–Kier alpha value is -0.640. The van der Waals surface area contributed by atoms with E-state index in [0.717, 1.165) is 5.57 Å². The van der Waals surface area contributed by atoms with Crippen molar-refractivity contribution in [3.05, 3.63) is 11.8 Å². The summed E-state index contributed by atoms with van der Waals surface area (Å²) in [6, 6.07) is 0. The number of rotatable bonds is 4. The van der Waals surface area contributed by atoms with Crippen LogP contribution in [0.3, 0.4) is 0 Å². The van der Waals surface area contributed by atoms with E-state index in [0.29, 0.717) is 13.0 Å². The lowest BCUT2D eigenvalue weighted by Crippen LogP contribution is -2.48. The summed E-state index contributed by atoms with van der Waals surface area (Å²) in [7, 11) is 0. The van der Waals surface area contributed by atoms with Gasteiger partial charge in [-0.15, -0.1) is 0 Å².